The van der Waals surface area contributed by atoms with Crippen LogP contribution in [-0.2, 0) is 21.4 Å². The number of nitrogens with one attached hydrogen (secondary N) is 1. The number of nitrogens with zero attached hydrogens (tertiary/aromatic N) is 3. The second-order valence-electron chi connectivity index (χ2n) is 7.95. The number of carbonyl (C=O) groups excluding carboxylic acids is 1. The number of aromatic nitrogens is 2. The lowest BCUT2D eigenvalue weighted by molar-refractivity contribution is -0.119. The van der Waals surface area contributed by atoms with Gasteiger partial charge in [-0.2, -0.15) is 0 Å². The molecule has 8 nitrogen and oxygen atoms in total. The molecule has 1 amide bonds. The predicted molar refractivity (Wildman–Crippen MR) is 134 cm³/mol. The van der Waals surface area contributed by atoms with Crippen molar-refractivity contribution >= 4 is 21.6 Å². The summed E-state index contributed by atoms with van der Waals surface area (Å²) in [6.07, 6.45) is 3.58. The standard InChI is InChI=1S/C26H25FN4O4S/c1-19-28-15-16-30(19)22-7-3-20(4-8-22)17-29-26(32)18-31(23-9-5-21(27)6-10-23)36(33,34)25-13-11-24(35-2)12-14-25/h3-16H,17-18H2,1-2H3,(H,29,32). The molecule has 0 aliphatic carbocycles. The highest BCUT2D eigenvalue weighted by Gasteiger charge is 2.27. The number of amides is 1. The highest BCUT2D eigenvalue weighted by molar-refractivity contribution is 7.92. The maximum absolute atomic E-state index is 13.5. The fraction of sp³-hybridized carbons (Fsp3) is 0.154. The van der Waals surface area contributed by atoms with Gasteiger partial charge in [-0.15, -0.1) is 0 Å². The summed E-state index contributed by atoms with van der Waals surface area (Å²) in [6, 6.07) is 18.3. The first-order valence-corrected chi connectivity index (χ1v) is 12.5. The Hall–Kier alpha value is -4.18. The fourth-order valence-electron chi connectivity index (χ4n) is 3.61. The van der Waals surface area contributed by atoms with Crippen molar-refractivity contribution in [2.45, 2.75) is 18.4 Å². The van der Waals surface area contributed by atoms with Crippen LogP contribution in [0.25, 0.3) is 5.69 Å². The number of ether oxygens (including phenoxy) is 1. The molecule has 3 aromatic carbocycles. The van der Waals surface area contributed by atoms with Crippen LogP contribution in [0.5, 0.6) is 5.75 Å². The van der Waals surface area contributed by atoms with Crippen LogP contribution in [0.15, 0.2) is 90.1 Å². The van der Waals surface area contributed by atoms with Gasteiger partial charge in [0.1, 0.15) is 23.9 Å². The topological polar surface area (TPSA) is 93.5 Å². The van der Waals surface area contributed by atoms with Gasteiger partial charge in [0, 0.05) is 24.6 Å². The lowest BCUT2D eigenvalue weighted by Crippen LogP contribution is -2.40. The maximum Gasteiger partial charge on any atom is 0.264 e. The van der Waals surface area contributed by atoms with Gasteiger partial charge in [0.15, 0.2) is 0 Å². The highest BCUT2D eigenvalue weighted by Crippen LogP contribution is 2.25. The Morgan fingerprint density at radius 2 is 1.69 bits per heavy atom. The van der Waals surface area contributed by atoms with E-state index < -0.39 is 28.3 Å². The molecule has 0 saturated heterocycles. The molecule has 10 heteroatoms. The number of aryl methyl sites for hydroxylation is 1. The third kappa shape index (κ3) is 5.55. The van der Waals surface area contributed by atoms with E-state index in [1.807, 2.05) is 42.0 Å². The zero-order chi connectivity index (χ0) is 25.7. The Morgan fingerprint density at radius 3 is 2.28 bits per heavy atom. The number of imidazole rings is 1. The van der Waals surface area contributed by atoms with E-state index in [0.717, 1.165) is 33.5 Å². The Labute approximate surface area is 209 Å². The van der Waals surface area contributed by atoms with Crippen LogP contribution < -0.4 is 14.4 Å². The maximum atomic E-state index is 13.5. The number of carbonyl (C=O) groups is 1. The molecule has 1 N–H and O–H groups in total. The zero-order valence-corrected chi connectivity index (χ0v) is 20.6. The van der Waals surface area contributed by atoms with Crippen molar-refractivity contribution in [3.05, 3.63) is 102 Å². The first-order chi connectivity index (χ1) is 17.3. The lowest BCUT2D eigenvalue weighted by Gasteiger charge is -2.24. The van der Waals surface area contributed by atoms with Crippen molar-refractivity contribution in [1.29, 1.82) is 0 Å². The predicted octanol–water partition coefficient (Wildman–Crippen LogP) is 3.84. The number of methoxy groups -OCH3 is 1. The van der Waals surface area contributed by atoms with Gasteiger partial charge in [-0.25, -0.2) is 17.8 Å². The number of hydrogen-bond donors (Lipinski definition) is 1. The number of anilines is 1. The molecule has 186 valence electrons. The Balaban J connectivity index is 1.50. The van der Waals surface area contributed by atoms with Crippen LogP contribution >= 0.6 is 0 Å². The van der Waals surface area contributed by atoms with Gasteiger partial charge in [0.05, 0.1) is 17.7 Å². The van der Waals surface area contributed by atoms with E-state index in [1.165, 1.54) is 43.5 Å². The highest BCUT2D eigenvalue weighted by atomic mass is 32.2. The smallest absolute Gasteiger partial charge is 0.264 e. The van der Waals surface area contributed by atoms with Crippen molar-refractivity contribution < 1.29 is 22.3 Å². The average molecular weight is 509 g/mol. The van der Waals surface area contributed by atoms with Crippen molar-refractivity contribution in [1.82, 2.24) is 14.9 Å². The van der Waals surface area contributed by atoms with E-state index >= 15 is 0 Å². The average Bonchev–Trinajstić information content (AvgIpc) is 3.32. The molecule has 4 rings (SSSR count). The molecule has 0 atom stereocenters. The third-order valence-electron chi connectivity index (χ3n) is 5.58. The largest absolute Gasteiger partial charge is 0.497 e. The van der Waals surface area contributed by atoms with E-state index in [9.17, 15) is 17.6 Å². The first kappa shape index (κ1) is 24.9. The molecule has 0 aliphatic rings. The Bertz CT molecular complexity index is 1430. The zero-order valence-electron chi connectivity index (χ0n) is 19.8. The molecule has 0 saturated carbocycles. The van der Waals surface area contributed by atoms with Crippen molar-refractivity contribution in [3.63, 3.8) is 0 Å². The molecule has 1 heterocycles. The number of halogens is 1. The molecule has 1 aromatic heterocycles. The van der Waals surface area contributed by atoms with E-state index in [1.54, 1.807) is 6.20 Å². The second kappa shape index (κ2) is 10.6. The molecule has 0 radical (unpaired) electrons. The van der Waals surface area contributed by atoms with Gasteiger partial charge >= 0.3 is 0 Å². The van der Waals surface area contributed by atoms with E-state index in [0.29, 0.717) is 5.75 Å². The van der Waals surface area contributed by atoms with Gasteiger partial charge in [0.25, 0.3) is 10.0 Å². The Kier molecular flexibility index (Phi) is 7.35. The summed E-state index contributed by atoms with van der Waals surface area (Å²) in [4.78, 5) is 17.0. The summed E-state index contributed by atoms with van der Waals surface area (Å²) in [5.74, 6) is 0.328. The van der Waals surface area contributed by atoms with Crippen molar-refractivity contribution in [2.24, 2.45) is 0 Å². The third-order valence-corrected chi connectivity index (χ3v) is 7.37. The van der Waals surface area contributed by atoms with E-state index in [2.05, 4.69) is 10.3 Å². The van der Waals surface area contributed by atoms with Crippen molar-refractivity contribution in [2.75, 3.05) is 18.0 Å². The molecule has 0 aliphatic heterocycles. The molecule has 0 spiro atoms. The van der Waals surface area contributed by atoms with Crippen LogP contribution in [0.1, 0.15) is 11.4 Å². The minimum absolute atomic E-state index is 0.0224. The number of benzene rings is 3. The summed E-state index contributed by atoms with van der Waals surface area (Å²) in [7, 11) is -2.64. The molecule has 4 aromatic rings. The monoisotopic (exact) mass is 508 g/mol. The van der Waals surface area contributed by atoms with Crippen molar-refractivity contribution in [3.8, 4) is 11.4 Å². The summed E-state index contributed by atoms with van der Waals surface area (Å²) in [5.41, 5.74) is 1.95. The minimum atomic E-state index is -4.12. The van der Waals surface area contributed by atoms with Gasteiger partial charge in [-0.05, 0) is 73.2 Å². The number of sulfonamides is 1. The van der Waals surface area contributed by atoms with Gasteiger partial charge in [-0.1, -0.05) is 12.1 Å². The second-order valence-corrected chi connectivity index (χ2v) is 9.81. The van der Waals surface area contributed by atoms with Crippen LogP contribution in [0.3, 0.4) is 0 Å². The quantitative estimate of drug-likeness (QED) is 0.371. The number of rotatable bonds is 9. The van der Waals surface area contributed by atoms with Gasteiger partial charge < -0.3 is 14.6 Å². The van der Waals surface area contributed by atoms with Gasteiger partial charge in [0.2, 0.25) is 5.91 Å². The summed E-state index contributed by atoms with van der Waals surface area (Å²) in [5, 5.41) is 2.76. The van der Waals surface area contributed by atoms with Gasteiger partial charge in [-0.3, -0.25) is 9.10 Å². The lowest BCUT2D eigenvalue weighted by atomic mass is 10.2. The minimum Gasteiger partial charge on any atom is -0.497 e. The molecule has 36 heavy (non-hydrogen) atoms. The van der Waals surface area contributed by atoms with Crippen LogP contribution in [0, 0.1) is 12.7 Å². The molecule has 0 fully saturated rings. The van der Waals surface area contributed by atoms with Crippen LogP contribution in [0.4, 0.5) is 10.1 Å². The van der Waals surface area contributed by atoms with E-state index in [4.69, 9.17) is 4.74 Å². The first-order valence-electron chi connectivity index (χ1n) is 11.1. The SMILES string of the molecule is COc1ccc(S(=O)(=O)N(CC(=O)NCc2ccc(-n3ccnc3C)cc2)c2ccc(F)cc2)cc1. The molecule has 0 bridgehead atoms. The normalized spacial score (nSPS) is 11.2. The fourth-order valence-corrected chi connectivity index (χ4v) is 5.03. The van der Waals surface area contributed by atoms with Crippen LogP contribution in [-0.4, -0.2) is 37.5 Å². The molecular formula is C26H25FN4O4S. The summed E-state index contributed by atoms with van der Waals surface area (Å²) >= 11 is 0. The Morgan fingerprint density at radius 1 is 1.03 bits per heavy atom. The van der Waals surface area contributed by atoms with Crippen LogP contribution in [0.2, 0.25) is 0 Å². The summed E-state index contributed by atoms with van der Waals surface area (Å²) < 4.78 is 48.3. The molecular weight excluding hydrogens is 483 g/mol. The molecule has 0 unspecified atom stereocenters. The van der Waals surface area contributed by atoms with E-state index in [-0.39, 0.29) is 17.1 Å². The summed E-state index contributed by atoms with van der Waals surface area (Å²) in [6.45, 7) is 1.63. The number of hydrogen-bond acceptors (Lipinski definition) is 5.